The van der Waals surface area contributed by atoms with Crippen LogP contribution in [0.3, 0.4) is 0 Å². The van der Waals surface area contributed by atoms with Gasteiger partial charge in [0.05, 0.1) is 21.3 Å². The van der Waals surface area contributed by atoms with Gasteiger partial charge in [-0.1, -0.05) is 6.07 Å². The van der Waals surface area contributed by atoms with Crippen molar-refractivity contribution in [2.24, 2.45) is 0 Å². The number of carbonyl (C=O) groups excluding carboxylic acids is 1. The quantitative estimate of drug-likeness (QED) is 0.710. The van der Waals surface area contributed by atoms with Crippen LogP contribution in [-0.2, 0) is 11.3 Å². The van der Waals surface area contributed by atoms with Crippen molar-refractivity contribution < 1.29 is 23.4 Å². The molecule has 0 saturated heterocycles. The minimum Gasteiger partial charge on any atom is -0.497 e. The highest BCUT2D eigenvalue weighted by Crippen LogP contribution is 2.25. The van der Waals surface area contributed by atoms with Gasteiger partial charge in [0.25, 0.3) is 0 Å². The maximum absolute atomic E-state index is 13.8. The molecular formula is C20H22FNO4. The van der Waals surface area contributed by atoms with Gasteiger partial charge in [-0.05, 0) is 42.0 Å². The Morgan fingerprint density at radius 2 is 1.73 bits per heavy atom. The van der Waals surface area contributed by atoms with Crippen molar-refractivity contribution in [2.75, 3.05) is 28.4 Å². The second-order valence-corrected chi connectivity index (χ2v) is 5.60. The summed E-state index contributed by atoms with van der Waals surface area (Å²) in [6, 6.07) is 9.95. The first-order valence-corrected chi connectivity index (χ1v) is 7.96. The number of amides is 1. The molecule has 0 fully saturated rings. The number of ether oxygens (including phenoxy) is 3. The summed E-state index contributed by atoms with van der Waals surface area (Å²) in [6.07, 6.45) is 3.10. The predicted octanol–water partition coefficient (Wildman–Crippen LogP) is 3.52. The third kappa shape index (κ3) is 4.75. The van der Waals surface area contributed by atoms with Gasteiger partial charge in [0.1, 0.15) is 11.5 Å². The fourth-order valence-electron chi connectivity index (χ4n) is 2.42. The summed E-state index contributed by atoms with van der Waals surface area (Å²) in [7, 11) is 6.19. The highest BCUT2D eigenvalue weighted by molar-refractivity contribution is 5.92. The van der Waals surface area contributed by atoms with Crippen LogP contribution in [0.2, 0.25) is 0 Å². The van der Waals surface area contributed by atoms with Gasteiger partial charge in [-0.2, -0.15) is 0 Å². The van der Waals surface area contributed by atoms with E-state index in [0.717, 1.165) is 5.56 Å². The van der Waals surface area contributed by atoms with Crippen LogP contribution in [0.5, 0.6) is 17.2 Å². The molecule has 5 nitrogen and oxygen atoms in total. The molecule has 0 atom stereocenters. The van der Waals surface area contributed by atoms with Crippen LogP contribution in [0.4, 0.5) is 4.39 Å². The lowest BCUT2D eigenvalue weighted by molar-refractivity contribution is -0.125. The van der Waals surface area contributed by atoms with Crippen molar-refractivity contribution in [2.45, 2.75) is 6.54 Å². The summed E-state index contributed by atoms with van der Waals surface area (Å²) < 4.78 is 29.1. The third-order valence-corrected chi connectivity index (χ3v) is 3.85. The summed E-state index contributed by atoms with van der Waals surface area (Å²) in [5.74, 6) is 0.802. The number of nitrogens with zero attached hydrogens (tertiary/aromatic N) is 1. The van der Waals surface area contributed by atoms with Gasteiger partial charge in [-0.25, -0.2) is 4.39 Å². The van der Waals surface area contributed by atoms with E-state index in [9.17, 15) is 9.18 Å². The van der Waals surface area contributed by atoms with Crippen molar-refractivity contribution in [1.82, 2.24) is 4.90 Å². The molecule has 0 unspecified atom stereocenters. The lowest BCUT2D eigenvalue weighted by Crippen LogP contribution is -2.24. The number of hydrogen-bond acceptors (Lipinski definition) is 4. The van der Waals surface area contributed by atoms with Gasteiger partial charge >= 0.3 is 0 Å². The Kier molecular flexibility index (Phi) is 6.60. The largest absolute Gasteiger partial charge is 0.497 e. The fourth-order valence-corrected chi connectivity index (χ4v) is 2.42. The van der Waals surface area contributed by atoms with E-state index in [0.29, 0.717) is 17.1 Å². The molecule has 0 spiro atoms. The van der Waals surface area contributed by atoms with E-state index >= 15 is 0 Å². The van der Waals surface area contributed by atoms with Gasteiger partial charge in [0, 0.05) is 25.2 Å². The highest BCUT2D eigenvalue weighted by atomic mass is 19.1. The van der Waals surface area contributed by atoms with E-state index in [2.05, 4.69) is 0 Å². The Morgan fingerprint density at radius 3 is 2.35 bits per heavy atom. The number of likely N-dealkylation sites (N-methyl/N-ethyl adjacent to an activating group) is 1. The molecule has 2 rings (SSSR count). The lowest BCUT2D eigenvalue weighted by Gasteiger charge is -2.16. The smallest absolute Gasteiger partial charge is 0.246 e. The van der Waals surface area contributed by atoms with Crippen LogP contribution in [0.15, 0.2) is 42.5 Å². The molecule has 0 radical (unpaired) electrons. The average molecular weight is 359 g/mol. The van der Waals surface area contributed by atoms with E-state index in [-0.39, 0.29) is 18.2 Å². The van der Waals surface area contributed by atoms with E-state index < -0.39 is 5.82 Å². The van der Waals surface area contributed by atoms with Crippen molar-refractivity contribution in [3.8, 4) is 17.2 Å². The lowest BCUT2D eigenvalue weighted by atomic mass is 10.1. The third-order valence-electron chi connectivity index (χ3n) is 3.85. The second kappa shape index (κ2) is 8.89. The first kappa shape index (κ1) is 19.3. The van der Waals surface area contributed by atoms with Crippen LogP contribution < -0.4 is 14.2 Å². The molecule has 0 bridgehead atoms. The standard InChI is InChI=1S/C20H22FNO4/c1-22(13-14-5-8-19(26-4)17(21)11-14)20(23)10-6-15-12-16(24-2)7-9-18(15)25-3/h5-12H,13H2,1-4H3/b10-6+. The van der Waals surface area contributed by atoms with E-state index in [1.165, 1.54) is 24.2 Å². The molecule has 0 aliphatic heterocycles. The molecule has 0 aliphatic rings. The zero-order valence-electron chi connectivity index (χ0n) is 15.3. The Bertz CT molecular complexity index is 804. The van der Waals surface area contributed by atoms with E-state index in [1.807, 2.05) is 0 Å². The number of methoxy groups -OCH3 is 3. The summed E-state index contributed by atoms with van der Waals surface area (Å²) in [5.41, 5.74) is 1.40. The Labute approximate surface area is 152 Å². The molecule has 6 heteroatoms. The van der Waals surface area contributed by atoms with Crippen LogP contribution in [-0.4, -0.2) is 39.2 Å². The number of rotatable bonds is 7. The second-order valence-electron chi connectivity index (χ2n) is 5.60. The molecule has 0 aliphatic carbocycles. The summed E-state index contributed by atoms with van der Waals surface area (Å²) in [5, 5.41) is 0. The number of hydrogen-bond donors (Lipinski definition) is 0. The Hall–Kier alpha value is -3.02. The van der Waals surface area contributed by atoms with Crippen molar-refractivity contribution in [3.63, 3.8) is 0 Å². The van der Waals surface area contributed by atoms with Crippen molar-refractivity contribution in [1.29, 1.82) is 0 Å². The monoisotopic (exact) mass is 359 g/mol. The van der Waals surface area contributed by atoms with Crippen molar-refractivity contribution >= 4 is 12.0 Å². The van der Waals surface area contributed by atoms with Crippen LogP contribution in [0.25, 0.3) is 6.08 Å². The predicted molar refractivity (Wildman–Crippen MR) is 98.0 cm³/mol. The van der Waals surface area contributed by atoms with Gasteiger partial charge in [-0.3, -0.25) is 4.79 Å². The molecule has 1 amide bonds. The SMILES string of the molecule is COc1ccc(OC)c(/C=C/C(=O)N(C)Cc2ccc(OC)c(F)c2)c1. The molecule has 2 aromatic carbocycles. The van der Waals surface area contributed by atoms with Crippen molar-refractivity contribution in [3.05, 3.63) is 59.4 Å². The van der Waals surface area contributed by atoms with E-state index in [1.54, 1.807) is 57.7 Å². The van der Waals surface area contributed by atoms with E-state index in [4.69, 9.17) is 14.2 Å². The number of halogens is 1. The van der Waals surface area contributed by atoms with Gasteiger partial charge < -0.3 is 19.1 Å². The first-order valence-electron chi connectivity index (χ1n) is 7.96. The highest BCUT2D eigenvalue weighted by Gasteiger charge is 2.10. The van der Waals surface area contributed by atoms with Gasteiger partial charge in [-0.15, -0.1) is 0 Å². The zero-order valence-corrected chi connectivity index (χ0v) is 15.3. The molecule has 2 aromatic rings. The Balaban J connectivity index is 2.09. The average Bonchev–Trinajstić information content (AvgIpc) is 2.65. The molecule has 0 aromatic heterocycles. The molecule has 26 heavy (non-hydrogen) atoms. The van der Waals surface area contributed by atoms with Gasteiger partial charge in [0.2, 0.25) is 5.91 Å². The first-order chi connectivity index (χ1) is 12.5. The fraction of sp³-hybridized carbons (Fsp3) is 0.250. The molecule has 0 N–H and O–H groups in total. The van der Waals surface area contributed by atoms with Crippen LogP contribution in [0.1, 0.15) is 11.1 Å². The van der Waals surface area contributed by atoms with Crippen LogP contribution >= 0.6 is 0 Å². The minimum atomic E-state index is -0.456. The maximum atomic E-state index is 13.8. The zero-order chi connectivity index (χ0) is 19.1. The summed E-state index contributed by atoms with van der Waals surface area (Å²) in [4.78, 5) is 13.8. The number of carbonyl (C=O) groups is 1. The molecule has 0 heterocycles. The number of benzene rings is 2. The topological polar surface area (TPSA) is 48.0 Å². The normalized spacial score (nSPS) is 10.7. The molecular weight excluding hydrogens is 337 g/mol. The molecule has 0 saturated carbocycles. The maximum Gasteiger partial charge on any atom is 0.246 e. The summed E-state index contributed by atoms with van der Waals surface area (Å²) >= 11 is 0. The molecule has 138 valence electrons. The Morgan fingerprint density at radius 1 is 1.04 bits per heavy atom. The van der Waals surface area contributed by atoms with Gasteiger partial charge in [0.15, 0.2) is 11.6 Å². The minimum absolute atomic E-state index is 0.174. The summed E-state index contributed by atoms with van der Waals surface area (Å²) in [6.45, 7) is 0.277. The van der Waals surface area contributed by atoms with Crippen LogP contribution in [0, 0.1) is 5.82 Å².